The van der Waals surface area contributed by atoms with Crippen LogP contribution in [0.2, 0.25) is 0 Å². The molecule has 0 unspecified atom stereocenters. The highest BCUT2D eigenvalue weighted by molar-refractivity contribution is 7.99. The first-order chi connectivity index (χ1) is 13.9. The fraction of sp³-hybridized carbons (Fsp3) is 0.200. The number of aromatic nitrogens is 2. The van der Waals surface area contributed by atoms with Crippen molar-refractivity contribution in [1.82, 2.24) is 9.55 Å². The van der Waals surface area contributed by atoms with Crippen molar-refractivity contribution in [1.29, 1.82) is 0 Å². The second-order valence-electron chi connectivity index (χ2n) is 5.89. The van der Waals surface area contributed by atoms with Crippen LogP contribution < -0.4 is 10.1 Å². The van der Waals surface area contributed by atoms with Gasteiger partial charge >= 0.3 is 6.18 Å². The van der Waals surface area contributed by atoms with Crippen LogP contribution in [0.4, 0.5) is 18.9 Å². The van der Waals surface area contributed by atoms with Gasteiger partial charge in [-0.1, -0.05) is 23.9 Å². The molecule has 3 rings (SSSR count). The summed E-state index contributed by atoms with van der Waals surface area (Å²) in [5, 5.41) is 2.88. The van der Waals surface area contributed by atoms with Crippen LogP contribution in [0.3, 0.4) is 0 Å². The molecule has 29 heavy (non-hydrogen) atoms. The van der Waals surface area contributed by atoms with Gasteiger partial charge in [0.15, 0.2) is 5.16 Å². The minimum atomic E-state index is -4.54. The maximum absolute atomic E-state index is 13.0. The third-order valence-electron chi connectivity index (χ3n) is 3.87. The molecule has 2 aromatic carbocycles. The zero-order chi connectivity index (χ0) is 20.9. The lowest BCUT2D eigenvalue weighted by Gasteiger charge is -2.13. The number of imidazole rings is 1. The van der Waals surface area contributed by atoms with E-state index in [1.807, 2.05) is 31.2 Å². The van der Waals surface area contributed by atoms with Crippen LogP contribution in [0.1, 0.15) is 12.5 Å². The van der Waals surface area contributed by atoms with E-state index >= 15 is 0 Å². The Hall–Kier alpha value is -2.94. The van der Waals surface area contributed by atoms with E-state index in [4.69, 9.17) is 4.74 Å². The number of benzene rings is 2. The molecule has 0 fully saturated rings. The smallest absolute Gasteiger partial charge is 0.418 e. The lowest BCUT2D eigenvalue weighted by molar-refractivity contribution is -0.137. The lowest BCUT2D eigenvalue weighted by Crippen LogP contribution is -2.18. The van der Waals surface area contributed by atoms with Crippen molar-refractivity contribution >= 4 is 23.4 Å². The third-order valence-corrected chi connectivity index (χ3v) is 4.84. The summed E-state index contributed by atoms with van der Waals surface area (Å²) in [6.07, 6.45) is -1.20. The summed E-state index contributed by atoms with van der Waals surface area (Å²) < 4.78 is 46.3. The zero-order valence-corrected chi connectivity index (χ0v) is 16.3. The number of rotatable bonds is 7. The predicted molar refractivity (Wildman–Crippen MR) is 106 cm³/mol. The average Bonchev–Trinajstić information content (AvgIpc) is 3.15. The number of hydrogen-bond donors (Lipinski definition) is 1. The van der Waals surface area contributed by atoms with Crippen LogP contribution >= 0.6 is 11.8 Å². The standard InChI is InChI=1S/C20H18F3N3O2S/c1-2-28-15-9-7-14(8-10-15)26-12-11-24-19(26)29-13-18(27)25-17-6-4-3-5-16(17)20(21,22)23/h3-12H,2,13H2,1H3,(H,25,27). The predicted octanol–water partition coefficient (Wildman–Crippen LogP) is 5.02. The molecule has 1 aromatic heterocycles. The molecule has 3 aromatic rings. The van der Waals surface area contributed by atoms with Gasteiger partial charge in [-0.3, -0.25) is 9.36 Å². The summed E-state index contributed by atoms with van der Waals surface area (Å²) in [5.74, 6) is 0.112. The molecule has 0 aliphatic heterocycles. The normalized spacial score (nSPS) is 11.3. The van der Waals surface area contributed by atoms with Gasteiger partial charge in [-0.05, 0) is 43.3 Å². The molecule has 1 heterocycles. The summed E-state index contributed by atoms with van der Waals surface area (Å²) >= 11 is 1.13. The minimum Gasteiger partial charge on any atom is -0.494 e. The Morgan fingerprint density at radius 3 is 2.59 bits per heavy atom. The molecular formula is C20H18F3N3O2S. The Balaban J connectivity index is 1.66. The van der Waals surface area contributed by atoms with Gasteiger partial charge in [0.2, 0.25) is 5.91 Å². The van der Waals surface area contributed by atoms with Crippen LogP contribution in [0, 0.1) is 0 Å². The fourth-order valence-electron chi connectivity index (χ4n) is 2.62. The van der Waals surface area contributed by atoms with Crippen LogP contribution in [0.5, 0.6) is 5.75 Å². The van der Waals surface area contributed by atoms with Gasteiger partial charge in [-0.25, -0.2) is 4.98 Å². The molecule has 5 nitrogen and oxygen atoms in total. The number of carbonyl (C=O) groups is 1. The second-order valence-corrected chi connectivity index (χ2v) is 6.83. The number of halogens is 3. The van der Waals surface area contributed by atoms with E-state index in [9.17, 15) is 18.0 Å². The maximum atomic E-state index is 13.0. The molecule has 0 saturated heterocycles. The summed E-state index contributed by atoms with van der Waals surface area (Å²) in [7, 11) is 0. The minimum absolute atomic E-state index is 0.0831. The van der Waals surface area contributed by atoms with E-state index in [-0.39, 0.29) is 11.4 Å². The highest BCUT2D eigenvalue weighted by Gasteiger charge is 2.33. The molecule has 0 saturated carbocycles. The number of nitrogens with one attached hydrogen (secondary N) is 1. The van der Waals surface area contributed by atoms with E-state index in [0.717, 1.165) is 29.3 Å². The Morgan fingerprint density at radius 1 is 1.17 bits per heavy atom. The monoisotopic (exact) mass is 421 g/mol. The molecule has 0 spiro atoms. The molecule has 9 heteroatoms. The number of amides is 1. The highest BCUT2D eigenvalue weighted by Crippen LogP contribution is 2.34. The van der Waals surface area contributed by atoms with E-state index in [2.05, 4.69) is 10.3 Å². The first-order valence-electron chi connectivity index (χ1n) is 8.74. The SMILES string of the molecule is CCOc1ccc(-n2ccnc2SCC(=O)Nc2ccccc2C(F)(F)F)cc1. The molecule has 0 bridgehead atoms. The second kappa shape index (κ2) is 9.04. The van der Waals surface area contributed by atoms with Crippen LogP contribution in [-0.2, 0) is 11.0 Å². The van der Waals surface area contributed by atoms with Gasteiger partial charge in [0.25, 0.3) is 0 Å². The van der Waals surface area contributed by atoms with Gasteiger partial charge in [-0.15, -0.1) is 0 Å². The van der Waals surface area contributed by atoms with Gasteiger partial charge in [0, 0.05) is 18.1 Å². The fourth-order valence-corrected chi connectivity index (χ4v) is 3.39. The van der Waals surface area contributed by atoms with Crippen molar-refractivity contribution < 1.29 is 22.7 Å². The van der Waals surface area contributed by atoms with Crippen LogP contribution in [0.25, 0.3) is 5.69 Å². The zero-order valence-electron chi connectivity index (χ0n) is 15.4. The van der Waals surface area contributed by atoms with Gasteiger partial charge in [-0.2, -0.15) is 13.2 Å². The third kappa shape index (κ3) is 5.32. The van der Waals surface area contributed by atoms with Crippen LogP contribution in [-0.4, -0.2) is 27.8 Å². The lowest BCUT2D eigenvalue weighted by atomic mass is 10.1. The Kier molecular flexibility index (Phi) is 6.48. The summed E-state index contributed by atoms with van der Waals surface area (Å²) in [5.41, 5.74) is -0.314. The van der Waals surface area contributed by atoms with Crippen LogP contribution in [0.15, 0.2) is 66.1 Å². The quantitative estimate of drug-likeness (QED) is 0.544. The number of anilines is 1. The van der Waals surface area contributed by atoms with Crippen molar-refractivity contribution in [2.24, 2.45) is 0 Å². The van der Waals surface area contributed by atoms with Crippen molar-refractivity contribution in [3.05, 3.63) is 66.5 Å². The molecular weight excluding hydrogens is 403 g/mol. The first kappa shape index (κ1) is 20.8. The van der Waals surface area contributed by atoms with Gasteiger partial charge in [0.05, 0.1) is 23.6 Å². The number of ether oxygens (including phenoxy) is 1. The average molecular weight is 421 g/mol. The molecule has 0 atom stereocenters. The molecule has 1 amide bonds. The summed E-state index contributed by atoms with van der Waals surface area (Å²) in [4.78, 5) is 16.4. The number of thioether (sulfide) groups is 1. The van der Waals surface area contributed by atoms with Gasteiger partial charge in [0.1, 0.15) is 5.75 Å². The topological polar surface area (TPSA) is 56.2 Å². The Labute approximate surface area is 169 Å². The van der Waals surface area contributed by atoms with Crippen molar-refractivity contribution in [2.75, 3.05) is 17.7 Å². The number of carbonyl (C=O) groups excluding carboxylic acids is 1. The number of nitrogens with zero attached hydrogens (tertiary/aromatic N) is 2. The Morgan fingerprint density at radius 2 is 1.90 bits per heavy atom. The molecule has 1 N–H and O–H groups in total. The van der Waals surface area contributed by atoms with Gasteiger partial charge < -0.3 is 10.1 Å². The largest absolute Gasteiger partial charge is 0.494 e. The first-order valence-corrected chi connectivity index (χ1v) is 9.72. The highest BCUT2D eigenvalue weighted by atomic mass is 32.2. The van der Waals surface area contributed by atoms with E-state index < -0.39 is 17.6 Å². The van der Waals surface area contributed by atoms with E-state index in [0.29, 0.717) is 11.8 Å². The summed E-state index contributed by atoms with van der Waals surface area (Å²) in [6.45, 7) is 2.47. The molecule has 0 radical (unpaired) electrons. The van der Waals surface area contributed by atoms with Crippen molar-refractivity contribution in [3.63, 3.8) is 0 Å². The van der Waals surface area contributed by atoms with E-state index in [1.165, 1.54) is 18.2 Å². The maximum Gasteiger partial charge on any atom is 0.418 e. The Bertz CT molecular complexity index is 972. The van der Waals surface area contributed by atoms with E-state index in [1.54, 1.807) is 17.0 Å². The molecule has 0 aliphatic carbocycles. The number of alkyl halides is 3. The summed E-state index contributed by atoms with van der Waals surface area (Å²) in [6, 6.07) is 12.3. The van der Waals surface area contributed by atoms with Crippen molar-refractivity contribution in [2.45, 2.75) is 18.3 Å². The molecule has 0 aliphatic rings. The molecule has 152 valence electrons. The number of hydrogen-bond acceptors (Lipinski definition) is 4. The number of para-hydroxylation sites is 1. The van der Waals surface area contributed by atoms with Crippen molar-refractivity contribution in [3.8, 4) is 11.4 Å².